The second kappa shape index (κ2) is 8.49. The number of hydrogen-bond donors (Lipinski definition) is 1. The van der Waals surface area contributed by atoms with Crippen LogP contribution in [0.3, 0.4) is 0 Å². The summed E-state index contributed by atoms with van der Waals surface area (Å²) in [4.78, 5) is 13.6. The molecule has 0 aliphatic heterocycles. The minimum atomic E-state index is -0.184. The highest BCUT2D eigenvalue weighted by atomic mass is 32.2. The first-order valence-corrected chi connectivity index (χ1v) is 10.0. The highest BCUT2D eigenvalue weighted by Crippen LogP contribution is 2.29. The van der Waals surface area contributed by atoms with Crippen molar-refractivity contribution in [2.24, 2.45) is 0 Å². The molecule has 1 heterocycles. The smallest absolute Gasteiger partial charge is 0.287 e. The lowest BCUT2D eigenvalue weighted by Crippen LogP contribution is -2.22. The molecule has 3 rings (SSSR count). The van der Waals surface area contributed by atoms with E-state index < -0.39 is 0 Å². The number of hydrogen-bond acceptors (Lipinski definition) is 3. The Morgan fingerprint density at radius 3 is 2.37 bits per heavy atom. The molecule has 0 aliphatic carbocycles. The Bertz CT molecular complexity index is 939. The molecule has 3 nitrogen and oxygen atoms in total. The van der Waals surface area contributed by atoms with Crippen molar-refractivity contribution in [1.82, 2.24) is 5.32 Å². The molecule has 27 heavy (non-hydrogen) atoms. The predicted molar refractivity (Wildman–Crippen MR) is 111 cm³/mol. The molecule has 0 saturated heterocycles. The summed E-state index contributed by atoms with van der Waals surface area (Å²) in [6, 6.07) is 16.1. The number of thioether (sulfide) groups is 1. The average Bonchev–Trinajstić information content (AvgIpc) is 3.11. The van der Waals surface area contributed by atoms with Crippen LogP contribution in [0.2, 0.25) is 0 Å². The first-order chi connectivity index (χ1) is 12.9. The molecule has 2 aromatic carbocycles. The van der Waals surface area contributed by atoms with Gasteiger partial charge in [-0.25, -0.2) is 0 Å². The van der Waals surface area contributed by atoms with E-state index in [1.807, 2.05) is 12.1 Å². The fourth-order valence-electron chi connectivity index (χ4n) is 2.93. The lowest BCUT2D eigenvalue weighted by Gasteiger charge is -2.08. The Morgan fingerprint density at radius 2 is 1.67 bits per heavy atom. The van der Waals surface area contributed by atoms with E-state index in [1.165, 1.54) is 27.1 Å². The van der Waals surface area contributed by atoms with Crippen LogP contribution in [0.4, 0.5) is 0 Å². The first-order valence-electron chi connectivity index (χ1n) is 9.06. The van der Waals surface area contributed by atoms with Gasteiger partial charge in [0, 0.05) is 11.4 Å². The van der Waals surface area contributed by atoms with Crippen LogP contribution in [0.25, 0.3) is 0 Å². The van der Waals surface area contributed by atoms with Gasteiger partial charge in [0.25, 0.3) is 5.91 Å². The molecule has 0 fully saturated rings. The van der Waals surface area contributed by atoms with Crippen molar-refractivity contribution < 1.29 is 9.21 Å². The second-order valence-electron chi connectivity index (χ2n) is 6.88. The molecule has 1 N–H and O–H groups in total. The number of amides is 1. The van der Waals surface area contributed by atoms with Gasteiger partial charge in [-0.1, -0.05) is 36.4 Å². The molecule has 0 atom stereocenters. The maximum absolute atomic E-state index is 12.4. The van der Waals surface area contributed by atoms with Crippen LogP contribution in [0.5, 0.6) is 0 Å². The first kappa shape index (κ1) is 19.3. The van der Waals surface area contributed by atoms with Gasteiger partial charge in [-0.15, -0.1) is 11.8 Å². The number of nitrogens with one attached hydrogen (secondary N) is 1. The van der Waals surface area contributed by atoms with E-state index in [4.69, 9.17) is 4.42 Å². The number of furan rings is 1. The van der Waals surface area contributed by atoms with Gasteiger partial charge in [0.2, 0.25) is 0 Å². The molecule has 0 unspecified atom stereocenters. The lowest BCUT2D eigenvalue weighted by molar-refractivity contribution is 0.0921. The third-order valence-corrected chi connectivity index (χ3v) is 6.04. The number of aryl methyl sites for hydroxylation is 4. The fourth-order valence-corrected chi connectivity index (χ4v) is 3.96. The van der Waals surface area contributed by atoms with Crippen LogP contribution in [0.1, 0.15) is 44.1 Å². The van der Waals surface area contributed by atoms with Crippen LogP contribution in [0, 0.1) is 27.7 Å². The Balaban J connectivity index is 1.58. The summed E-state index contributed by atoms with van der Waals surface area (Å²) < 4.78 is 5.75. The maximum Gasteiger partial charge on any atom is 0.287 e. The Labute approximate surface area is 165 Å². The Morgan fingerprint density at radius 1 is 0.926 bits per heavy atom. The molecule has 3 aromatic rings. The van der Waals surface area contributed by atoms with Crippen molar-refractivity contribution >= 4 is 17.7 Å². The summed E-state index contributed by atoms with van der Waals surface area (Å²) in [5, 5.41) is 2.93. The molecule has 0 aliphatic rings. The standard InChI is InChI=1S/C23H25NO2S/c1-15-8-9-19(12-18(15)4)13-24-23(25)21-11-10-20(26-21)14-27-22-16(2)6-5-7-17(22)3/h5-12H,13-14H2,1-4H3,(H,24,25). The average molecular weight is 380 g/mol. The number of carbonyl (C=O) groups is 1. The summed E-state index contributed by atoms with van der Waals surface area (Å²) in [5.41, 5.74) is 6.09. The van der Waals surface area contributed by atoms with Gasteiger partial charge in [0.05, 0.1) is 5.75 Å². The zero-order valence-electron chi connectivity index (χ0n) is 16.3. The van der Waals surface area contributed by atoms with E-state index in [0.717, 1.165) is 11.3 Å². The van der Waals surface area contributed by atoms with Gasteiger partial charge >= 0.3 is 0 Å². The lowest BCUT2D eigenvalue weighted by atomic mass is 10.1. The van der Waals surface area contributed by atoms with E-state index in [2.05, 4.69) is 63.3 Å². The zero-order valence-corrected chi connectivity index (χ0v) is 17.1. The summed E-state index contributed by atoms with van der Waals surface area (Å²) in [6.45, 7) is 8.88. The van der Waals surface area contributed by atoms with Crippen molar-refractivity contribution in [2.75, 3.05) is 0 Å². The molecule has 0 bridgehead atoms. The second-order valence-corrected chi connectivity index (χ2v) is 7.86. The molecule has 140 valence electrons. The Hall–Kier alpha value is -2.46. The maximum atomic E-state index is 12.4. The summed E-state index contributed by atoms with van der Waals surface area (Å²) in [5.74, 6) is 1.68. The highest BCUT2D eigenvalue weighted by Gasteiger charge is 2.12. The SMILES string of the molecule is Cc1ccc(CNC(=O)c2ccc(CSc3c(C)cccc3C)o2)cc1C. The van der Waals surface area contributed by atoms with Crippen LogP contribution in [-0.2, 0) is 12.3 Å². The van der Waals surface area contributed by atoms with E-state index in [-0.39, 0.29) is 5.91 Å². The highest BCUT2D eigenvalue weighted by molar-refractivity contribution is 7.98. The van der Waals surface area contributed by atoms with Crippen molar-refractivity contribution in [2.45, 2.75) is 44.9 Å². The van der Waals surface area contributed by atoms with Crippen molar-refractivity contribution in [3.63, 3.8) is 0 Å². The largest absolute Gasteiger partial charge is 0.455 e. The van der Waals surface area contributed by atoms with Crippen molar-refractivity contribution in [3.8, 4) is 0 Å². The van der Waals surface area contributed by atoms with Crippen LogP contribution in [0.15, 0.2) is 57.8 Å². The topological polar surface area (TPSA) is 42.2 Å². The number of carbonyl (C=O) groups excluding carboxylic acids is 1. The van der Waals surface area contributed by atoms with Crippen molar-refractivity contribution in [3.05, 3.63) is 87.9 Å². The number of rotatable bonds is 6. The molecule has 0 radical (unpaired) electrons. The summed E-state index contributed by atoms with van der Waals surface area (Å²) in [6.07, 6.45) is 0. The van der Waals surface area contributed by atoms with Gasteiger partial charge in [-0.05, 0) is 67.6 Å². The normalized spacial score (nSPS) is 10.8. The third-order valence-electron chi connectivity index (χ3n) is 4.68. The summed E-state index contributed by atoms with van der Waals surface area (Å²) >= 11 is 1.74. The fraction of sp³-hybridized carbons (Fsp3) is 0.261. The summed E-state index contributed by atoms with van der Waals surface area (Å²) in [7, 11) is 0. The molecule has 0 saturated carbocycles. The van der Waals surface area contributed by atoms with E-state index >= 15 is 0 Å². The van der Waals surface area contributed by atoms with Crippen LogP contribution in [-0.4, -0.2) is 5.91 Å². The minimum Gasteiger partial charge on any atom is -0.455 e. The molecule has 0 spiro atoms. The monoisotopic (exact) mass is 379 g/mol. The van der Waals surface area contributed by atoms with Gasteiger partial charge in [-0.3, -0.25) is 4.79 Å². The molecule has 1 aromatic heterocycles. The van der Waals surface area contributed by atoms with E-state index in [9.17, 15) is 4.79 Å². The quantitative estimate of drug-likeness (QED) is 0.556. The van der Waals surface area contributed by atoms with Gasteiger partial charge in [0.15, 0.2) is 5.76 Å². The third kappa shape index (κ3) is 4.83. The molecule has 4 heteroatoms. The minimum absolute atomic E-state index is 0.184. The number of benzene rings is 2. The van der Waals surface area contributed by atoms with Crippen molar-refractivity contribution in [1.29, 1.82) is 0 Å². The molecular weight excluding hydrogens is 354 g/mol. The van der Waals surface area contributed by atoms with Gasteiger partial charge in [0.1, 0.15) is 5.76 Å². The van der Waals surface area contributed by atoms with E-state index in [1.54, 1.807) is 17.8 Å². The van der Waals surface area contributed by atoms with Crippen LogP contribution < -0.4 is 5.32 Å². The Kier molecular flexibility index (Phi) is 6.07. The predicted octanol–water partition coefficient (Wildman–Crippen LogP) is 5.74. The van der Waals surface area contributed by atoms with Gasteiger partial charge in [-0.2, -0.15) is 0 Å². The zero-order chi connectivity index (χ0) is 19.4. The molecule has 1 amide bonds. The molecular formula is C23H25NO2S. The van der Waals surface area contributed by atoms with Gasteiger partial charge < -0.3 is 9.73 Å². The van der Waals surface area contributed by atoms with Crippen LogP contribution >= 0.6 is 11.8 Å². The van der Waals surface area contributed by atoms with E-state index in [0.29, 0.717) is 18.1 Å².